The van der Waals surface area contributed by atoms with Crippen LogP contribution in [-0.4, -0.2) is 45.2 Å². The van der Waals surface area contributed by atoms with Crippen molar-refractivity contribution < 1.29 is 117 Å². The van der Waals surface area contributed by atoms with E-state index in [2.05, 4.69) is 158 Å². The zero-order chi connectivity index (χ0) is 32.4. The molecular weight excluding hydrogens is 855 g/mol. The van der Waals surface area contributed by atoms with Crippen LogP contribution in [0.3, 0.4) is 0 Å². The molecule has 0 saturated carbocycles. The SMILES string of the molecule is CC1(C)COC2=[N+]1[C-]1C(c3cc4ccccc4c(-c4ccccc4)c32)c2cc3ccccc3c(-c3ccccc3)c2C2=[N+]1C(C)(C)CO2.[Y].[Y].[Y]. The Kier molecular flexibility index (Phi) is 9.99. The van der Waals surface area contributed by atoms with Gasteiger partial charge in [-0.2, -0.15) is 0 Å². The first-order valence-corrected chi connectivity index (χ1v) is 17.0. The first-order valence-electron chi connectivity index (χ1n) is 17.0. The third-order valence-electron chi connectivity index (χ3n) is 10.8. The first-order chi connectivity index (χ1) is 23.3. The van der Waals surface area contributed by atoms with Gasteiger partial charge in [0, 0.05) is 137 Å². The van der Waals surface area contributed by atoms with Gasteiger partial charge in [0.1, 0.15) is 19.1 Å². The van der Waals surface area contributed by atoms with Crippen molar-refractivity contribution in [3.63, 3.8) is 0 Å². The van der Waals surface area contributed by atoms with Gasteiger partial charge >= 0.3 is 6.17 Å². The minimum atomic E-state index is -0.277. The van der Waals surface area contributed by atoms with Crippen molar-refractivity contribution in [1.82, 2.24) is 0 Å². The maximum absolute atomic E-state index is 6.87. The van der Waals surface area contributed by atoms with Gasteiger partial charge in [0.25, 0.3) is 11.8 Å². The van der Waals surface area contributed by atoms with Crippen molar-refractivity contribution in [3.05, 3.63) is 150 Å². The molecular formula is C44H37N2O2Y3+. The van der Waals surface area contributed by atoms with Crippen molar-refractivity contribution in [2.24, 2.45) is 0 Å². The van der Waals surface area contributed by atoms with Crippen molar-refractivity contribution in [2.45, 2.75) is 44.7 Å². The molecule has 7 heteroatoms. The number of ether oxygens (including phenoxy) is 2. The van der Waals surface area contributed by atoms with Gasteiger partial charge in [-0.3, -0.25) is 0 Å². The summed E-state index contributed by atoms with van der Waals surface area (Å²) in [5.74, 6) is 1.84. The van der Waals surface area contributed by atoms with E-state index in [-0.39, 0.29) is 115 Å². The number of hydrogen-bond donors (Lipinski definition) is 0. The monoisotopic (exact) mass is 892 g/mol. The van der Waals surface area contributed by atoms with Crippen LogP contribution >= 0.6 is 0 Å². The van der Waals surface area contributed by atoms with Gasteiger partial charge in [0.05, 0.1) is 0 Å². The van der Waals surface area contributed by atoms with E-state index in [0.29, 0.717) is 13.2 Å². The minimum absolute atomic E-state index is 0. The second-order valence-electron chi connectivity index (χ2n) is 14.9. The van der Waals surface area contributed by atoms with E-state index in [1.54, 1.807) is 0 Å². The van der Waals surface area contributed by atoms with Gasteiger partial charge in [-0.05, 0) is 54.9 Å². The molecule has 6 aromatic carbocycles. The van der Waals surface area contributed by atoms with E-state index in [0.717, 1.165) is 11.8 Å². The Morgan fingerprint density at radius 1 is 0.510 bits per heavy atom. The molecule has 4 nitrogen and oxygen atoms in total. The molecule has 243 valence electrons. The number of benzene rings is 6. The molecule has 4 aliphatic heterocycles. The zero-order valence-electron chi connectivity index (χ0n) is 29.5. The zero-order valence-corrected chi connectivity index (χ0v) is 38.0. The van der Waals surface area contributed by atoms with E-state index in [1.807, 2.05) is 0 Å². The largest absolute Gasteiger partial charge is 0.493 e. The van der Waals surface area contributed by atoms with Crippen molar-refractivity contribution in [3.8, 4) is 22.3 Å². The molecule has 6 aromatic rings. The van der Waals surface area contributed by atoms with Gasteiger partial charge < -0.3 is 9.47 Å². The Bertz CT molecular complexity index is 2250. The Balaban J connectivity index is 0.00000135. The average Bonchev–Trinajstić information content (AvgIpc) is 3.61. The van der Waals surface area contributed by atoms with Crippen LogP contribution in [0.2, 0.25) is 0 Å². The second-order valence-corrected chi connectivity index (χ2v) is 14.9. The molecule has 0 aromatic heterocycles. The smallest absolute Gasteiger partial charge is 0.334 e. The molecule has 3 radical (unpaired) electrons. The summed E-state index contributed by atoms with van der Waals surface area (Å²) in [6.07, 6.45) is 1.23. The minimum Gasteiger partial charge on any atom is -0.493 e. The van der Waals surface area contributed by atoms with Gasteiger partial charge in [0.15, 0.2) is 11.1 Å². The maximum atomic E-state index is 6.87. The first kappa shape index (κ1) is 37.3. The Labute approximate surface area is 375 Å². The van der Waals surface area contributed by atoms with E-state index < -0.39 is 0 Å². The molecule has 0 aliphatic carbocycles. The molecule has 0 spiro atoms. The van der Waals surface area contributed by atoms with Crippen LogP contribution in [0.4, 0.5) is 0 Å². The van der Waals surface area contributed by atoms with E-state index in [1.165, 1.54) is 72.2 Å². The predicted octanol–water partition coefficient (Wildman–Crippen LogP) is 9.10. The van der Waals surface area contributed by atoms with Crippen LogP contribution in [0.5, 0.6) is 0 Å². The van der Waals surface area contributed by atoms with Crippen molar-refractivity contribution in [2.75, 3.05) is 13.2 Å². The predicted molar refractivity (Wildman–Crippen MR) is 193 cm³/mol. The summed E-state index contributed by atoms with van der Waals surface area (Å²) in [5.41, 5.74) is 9.27. The second kappa shape index (κ2) is 13.7. The van der Waals surface area contributed by atoms with Crippen LogP contribution in [0, 0.1) is 6.17 Å². The van der Waals surface area contributed by atoms with Crippen LogP contribution in [-0.2, 0) is 108 Å². The summed E-state index contributed by atoms with van der Waals surface area (Å²) in [4.78, 5) is 0. The molecule has 4 aliphatic rings. The molecule has 0 saturated heterocycles. The fourth-order valence-electron chi connectivity index (χ4n) is 8.76. The normalized spacial score (nSPS) is 17.5. The maximum Gasteiger partial charge on any atom is 0.334 e. The summed E-state index contributed by atoms with van der Waals surface area (Å²) < 4.78 is 18.8. The number of hydrogen-bond acceptors (Lipinski definition) is 2. The quantitative estimate of drug-likeness (QED) is 0.128. The number of fused-ring (bicyclic) bond motifs is 11. The summed E-state index contributed by atoms with van der Waals surface area (Å²) in [6, 6.07) is 44.3. The van der Waals surface area contributed by atoms with Gasteiger partial charge in [-0.25, -0.2) is 9.15 Å². The molecule has 10 rings (SSSR count). The fourth-order valence-corrected chi connectivity index (χ4v) is 8.76. The summed E-state index contributed by atoms with van der Waals surface area (Å²) >= 11 is 0. The molecule has 0 fully saturated rings. The van der Waals surface area contributed by atoms with Crippen LogP contribution in [0.1, 0.15) is 55.9 Å². The van der Waals surface area contributed by atoms with E-state index in [9.17, 15) is 0 Å². The molecule has 0 unspecified atom stereocenters. The molecule has 0 amide bonds. The van der Waals surface area contributed by atoms with Gasteiger partial charge in [-0.15, -0.1) is 0 Å². The van der Waals surface area contributed by atoms with Crippen LogP contribution in [0.25, 0.3) is 43.8 Å². The van der Waals surface area contributed by atoms with Crippen molar-refractivity contribution >= 4 is 33.3 Å². The molecule has 4 heterocycles. The summed E-state index contributed by atoms with van der Waals surface area (Å²) in [5, 5.41) is 4.95. The van der Waals surface area contributed by atoms with Crippen molar-refractivity contribution in [1.29, 1.82) is 0 Å². The average molecular weight is 893 g/mol. The number of rotatable bonds is 2. The van der Waals surface area contributed by atoms with Gasteiger partial charge in [-0.1, -0.05) is 121 Å². The summed E-state index contributed by atoms with van der Waals surface area (Å²) in [7, 11) is 0. The number of nitrogens with zero attached hydrogens (tertiary/aromatic N) is 2. The van der Waals surface area contributed by atoms with E-state index >= 15 is 0 Å². The molecule has 0 N–H and O–H groups in total. The topological polar surface area (TPSA) is 24.5 Å². The molecule has 51 heavy (non-hydrogen) atoms. The van der Waals surface area contributed by atoms with Gasteiger partial charge in [0.2, 0.25) is 0 Å². The fraction of sp³-hybridized carbons (Fsp3) is 0.205. The molecule has 0 bridgehead atoms. The van der Waals surface area contributed by atoms with E-state index in [4.69, 9.17) is 9.47 Å². The third-order valence-corrected chi connectivity index (χ3v) is 10.8. The summed E-state index contributed by atoms with van der Waals surface area (Å²) in [6.45, 7) is 10.5. The third kappa shape index (κ3) is 5.48. The van der Waals surface area contributed by atoms with Crippen LogP contribution in [0.15, 0.2) is 121 Å². The standard InChI is InChI=1S/C44H37N2O2.3Y/c1-43(2)25-47-41-38-33(23-29-19-11-13-21-31(29)35(38)27-15-7-5-8-16-27)37-34-24-30-20-12-14-22-32(30)36(28-17-9-6-10-18-28)39(34)42-46(40(37)45(41)43)44(3,4)26-48-42;;;/h5-24,37H,25-26H2,1-4H3;;;/q+1;;;. The van der Waals surface area contributed by atoms with Crippen LogP contribution < -0.4 is 0 Å². The molecule has 0 atom stereocenters. The Morgan fingerprint density at radius 3 is 1.29 bits per heavy atom. The Hall–Kier alpha value is -2.04. The Morgan fingerprint density at radius 2 is 0.882 bits per heavy atom.